The van der Waals surface area contributed by atoms with Gasteiger partial charge >= 0.3 is 0 Å². The third-order valence-corrected chi connectivity index (χ3v) is 13.5. The minimum atomic E-state index is -2.02. The number of allylic oxidation sites excluding steroid dienone is 4. The molecule has 56 heavy (non-hydrogen) atoms. The first-order valence-corrected chi connectivity index (χ1v) is 19.5. The van der Waals surface area contributed by atoms with E-state index in [1.807, 2.05) is 37.9 Å². The lowest BCUT2D eigenvalue weighted by Crippen LogP contribution is -2.70. The number of rotatable bonds is 11. The molecule has 3 fully saturated rings. The maximum Gasteiger partial charge on any atom is 0.252 e. The highest BCUT2D eigenvalue weighted by molar-refractivity contribution is 6.01. The van der Waals surface area contributed by atoms with E-state index in [4.69, 9.17) is 11.5 Å². The number of fused-ring (bicyclic) bond motifs is 6. The van der Waals surface area contributed by atoms with Crippen molar-refractivity contribution in [3.8, 4) is 0 Å². The quantitative estimate of drug-likeness (QED) is 0.154. The highest BCUT2D eigenvalue weighted by atomic mass is 19.1. The Hall–Kier alpha value is -5.02. The summed E-state index contributed by atoms with van der Waals surface area (Å²) < 4.78 is 17.4. The molecule has 2 amide bonds. The van der Waals surface area contributed by atoms with E-state index >= 15 is 4.39 Å². The Morgan fingerprint density at radius 1 is 1.04 bits per heavy atom. The second kappa shape index (κ2) is 14.5. The summed E-state index contributed by atoms with van der Waals surface area (Å²) in [7, 11) is 1.90. The molecule has 298 valence electrons. The molecule has 8 atom stereocenters. The van der Waals surface area contributed by atoms with Crippen LogP contribution >= 0.6 is 0 Å². The molecule has 4 aliphatic carbocycles. The van der Waals surface area contributed by atoms with Crippen LogP contribution in [0.2, 0.25) is 0 Å². The van der Waals surface area contributed by atoms with Crippen LogP contribution in [-0.2, 0) is 16.1 Å². The van der Waals surface area contributed by atoms with Crippen LogP contribution in [-0.4, -0.2) is 85.3 Å². The van der Waals surface area contributed by atoms with Crippen LogP contribution in [0.4, 0.5) is 21.8 Å². The lowest BCUT2D eigenvalue weighted by molar-refractivity contribution is -0.219. The molecule has 0 spiro atoms. The summed E-state index contributed by atoms with van der Waals surface area (Å²) in [5, 5.41) is 29.7. The SMILES string of the molecule is C[C@@H]1C[C@H]2C3CCC4=CC(=O)C=C[C@]4(C)[C@@]3(F)[C@@H](O)C[C@]2(C)[C@@]1(O)C(=O)NCCCCCNC(=O)c1ccc(N(C)Cc2cnc3nc(N)nc(N)c3n2)cc1. The normalized spacial score (nSPS) is 31.9. The van der Waals surface area contributed by atoms with Crippen molar-refractivity contribution in [1.29, 1.82) is 0 Å². The number of aromatic nitrogens is 4. The van der Waals surface area contributed by atoms with Gasteiger partial charge in [0.2, 0.25) is 5.95 Å². The Balaban J connectivity index is 0.868. The molecule has 14 nitrogen and oxygen atoms in total. The standard InChI is InChI=1S/C41H52FN9O5/c1-23-18-30-29-13-10-25-19-28(52)14-15-38(25,2)40(29,42)31(53)20-39(30,3)41(23,56)36(55)46-17-7-5-6-16-45-35(54)24-8-11-27(12-9-24)51(4)22-26-21-47-34-32(48-26)33(43)49-37(44)50-34/h8-9,11-12,14-15,19,21,23,29-31,53,56H,5-7,10,13,16-18,20,22H2,1-4H3,(H,45,54)(H,46,55)(H4,43,44,47,49,50)/t23-,29?,30+,31+,38+,39+,40+,41+/m1/s1. The van der Waals surface area contributed by atoms with Crippen LogP contribution in [0.1, 0.15) is 81.8 Å². The van der Waals surface area contributed by atoms with Gasteiger partial charge < -0.3 is 37.2 Å². The van der Waals surface area contributed by atoms with Crippen molar-refractivity contribution in [2.24, 2.45) is 28.6 Å². The molecule has 0 aliphatic heterocycles. The van der Waals surface area contributed by atoms with E-state index in [0.717, 1.165) is 12.1 Å². The number of halogens is 1. The first-order valence-electron chi connectivity index (χ1n) is 19.5. The molecule has 3 aromatic rings. The minimum Gasteiger partial charge on any atom is -0.390 e. The number of carbonyl (C=O) groups is 3. The molecule has 3 saturated carbocycles. The number of ketones is 1. The van der Waals surface area contributed by atoms with E-state index in [1.54, 1.807) is 31.3 Å². The molecule has 2 aromatic heterocycles. The largest absolute Gasteiger partial charge is 0.390 e. The number of hydrogen-bond donors (Lipinski definition) is 6. The van der Waals surface area contributed by atoms with E-state index < -0.39 is 45.9 Å². The summed E-state index contributed by atoms with van der Waals surface area (Å²) in [6.45, 7) is 6.65. The average Bonchev–Trinajstić information content (AvgIpc) is 3.36. The Kier molecular flexibility index (Phi) is 10.1. The van der Waals surface area contributed by atoms with Gasteiger partial charge in [-0.2, -0.15) is 9.97 Å². The van der Waals surface area contributed by atoms with Crippen molar-refractivity contribution >= 4 is 46.2 Å². The van der Waals surface area contributed by atoms with Gasteiger partial charge in [0.05, 0.1) is 24.5 Å². The molecule has 7 rings (SSSR count). The second-order valence-corrected chi connectivity index (χ2v) is 16.6. The highest BCUT2D eigenvalue weighted by Crippen LogP contribution is 2.70. The van der Waals surface area contributed by atoms with E-state index in [1.165, 1.54) is 12.2 Å². The lowest BCUT2D eigenvalue weighted by atomic mass is 9.44. The number of nitrogens with two attached hydrogens (primary N) is 2. The zero-order chi connectivity index (χ0) is 40.2. The molecule has 2 heterocycles. The summed E-state index contributed by atoms with van der Waals surface area (Å²) in [4.78, 5) is 57.6. The van der Waals surface area contributed by atoms with Crippen molar-refractivity contribution in [3.63, 3.8) is 0 Å². The molecule has 0 saturated heterocycles. The Bertz CT molecular complexity index is 2110. The summed E-state index contributed by atoms with van der Waals surface area (Å²) in [6, 6.07) is 7.23. The Morgan fingerprint density at radius 3 is 2.48 bits per heavy atom. The number of alkyl halides is 1. The summed E-state index contributed by atoms with van der Waals surface area (Å²) in [5.41, 5.74) is 9.10. The third-order valence-electron chi connectivity index (χ3n) is 13.5. The predicted molar refractivity (Wildman–Crippen MR) is 210 cm³/mol. The first kappa shape index (κ1) is 39.2. The van der Waals surface area contributed by atoms with Crippen molar-refractivity contribution in [1.82, 2.24) is 30.6 Å². The highest BCUT2D eigenvalue weighted by Gasteiger charge is 2.75. The third kappa shape index (κ3) is 6.28. The molecule has 1 unspecified atom stereocenters. The van der Waals surface area contributed by atoms with Gasteiger partial charge in [0.15, 0.2) is 34.0 Å². The number of carbonyl (C=O) groups excluding carboxylic acids is 3. The fourth-order valence-corrected chi connectivity index (χ4v) is 10.4. The van der Waals surface area contributed by atoms with Crippen molar-refractivity contribution in [2.75, 3.05) is 36.5 Å². The number of nitrogen functional groups attached to an aromatic ring is 2. The van der Waals surface area contributed by atoms with Crippen molar-refractivity contribution in [2.45, 2.75) is 89.6 Å². The number of nitrogens with one attached hydrogen (secondary N) is 2. The van der Waals surface area contributed by atoms with Crippen molar-refractivity contribution < 1.29 is 29.0 Å². The van der Waals surface area contributed by atoms with Gasteiger partial charge in [0.1, 0.15) is 0 Å². The second-order valence-electron chi connectivity index (χ2n) is 16.6. The fraction of sp³-hybridized carbons (Fsp3) is 0.537. The van der Waals surface area contributed by atoms with Gasteiger partial charge in [-0.1, -0.05) is 25.5 Å². The minimum absolute atomic E-state index is 0.0356. The van der Waals surface area contributed by atoms with Gasteiger partial charge in [0, 0.05) is 48.1 Å². The van der Waals surface area contributed by atoms with Crippen LogP contribution in [0, 0.1) is 28.6 Å². The Labute approximate surface area is 325 Å². The zero-order valence-electron chi connectivity index (χ0n) is 32.4. The number of aliphatic hydroxyl groups excluding tert-OH is 1. The number of unbranched alkanes of at least 4 members (excludes halogenated alkanes) is 2. The predicted octanol–water partition coefficient (Wildman–Crippen LogP) is 3.58. The van der Waals surface area contributed by atoms with E-state index in [0.29, 0.717) is 79.7 Å². The topological polar surface area (TPSA) is 223 Å². The van der Waals surface area contributed by atoms with Gasteiger partial charge in [-0.3, -0.25) is 14.4 Å². The molecular weight excluding hydrogens is 718 g/mol. The monoisotopic (exact) mass is 769 g/mol. The van der Waals surface area contributed by atoms with Gasteiger partial charge in [-0.15, -0.1) is 0 Å². The number of anilines is 3. The van der Waals surface area contributed by atoms with Crippen LogP contribution in [0.25, 0.3) is 11.2 Å². The number of aliphatic hydroxyl groups is 2. The van der Waals surface area contributed by atoms with Crippen molar-refractivity contribution in [3.05, 3.63) is 65.5 Å². The van der Waals surface area contributed by atoms with Crippen LogP contribution < -0.4 is 27.0 Å². The molecule has 0 bridgehead atoms. The number of benzene rings is 1. The molecule has 1 aromatic carbocycles. The van der Waals surface area contributed by atoms with Gasteiger partial charge in [0.25, 0.3) is 11.8 Å². The van der Waals surface area contributed by atoms with E-state index in [-0.39, 0.29) is 35.8 Å². The lowest BCUT2D eigenvalue weighted by Gasteiger charge is -2.62. The van der Waals surface area contributed by atoms with E-state index in [9.17, 15) is 24.6 Å². The molecule has 15 heteroatoms. The van der Waals surface area contributed by atoms with Crippen LogP contribution in [0.5, 0.6) is 0 Å². The first-order chi connectivity index (χ1) is 26.5. The summed E-state index contributed by atoms with van der Waals surface area (Å²) >= 11 is 0. The average molecular weight is 770 g/mol. The Morgan fingerprint density at radius 2 is 1.75 bits per heavy atom. The van der Waals surface area contributed by atoms with Gasteiger partial charge in [-0.05, 0) is 100 Å². The number of amides is 2. The number of hydrogen-bond acceptors (Lipinski definition) is 12. The van der Waals surface area contributed by atoms with Gasteiger partial charge in [-0.25, -0.2) is 14.4 Å². The van der Waals surface area contributed by atoms with Crippen LogP contribution in [0.3, 0.4) is 0 Å². The maximum atomic E-state index is 17.4. The number of nitrogens with zero attached hydrogens (tertiary/aromatic N) is 5. The van der Waals surface area contributed by atoms with Crippen LogP contribution in [0.15, 0.2) is 54.3 Å². The smallest absolute Gasteiger partial charge is 0.252 e. The summed E-state index contributed by atoms with van der Waals surface area (Å²) in [6.07, 6.45) is 8.12. The molecular formula is C41H52FN9O5. The summed E-state index contributed by atoms with van der Waals surface area (Å²) in [5.74, 6) is -2.00. The van der Waals surface area contributed by atoms with E-state index in [2.05, 4.69) is 30.6 Å². The molecule has 0 radical (unpaired) electrons. The molecule has 4 aliphatic rings. The zero-order valence-corrected chi connectivity index (χ0v) is 32.4. The fourth-order valence-electron chi connectivity index (χ4n) is 10.4. The molecule has 8 N–H and O–H groups in total. The maximum absolute atomic E-state index is 17.4.